The van der Waals surface area contributed by atoms with Crippen molar-refractivity contribution < 1.29 is 23.9 Å². The molecule has 2 N–H and O–H groups in total. The first kappa shape index (κ1) is 18.5. The Morgan fingerprint density at radius 1 is 1.26 bits per heavy atom. The molecule has 1 aromatic carbocycles. The van der Waals surface area contributed by atoms with Crippen molar-refractivity contribution in [3.05, 3.63) is 35.4 Å². The lowest BCUT2D eigenvalue weighted by atomic mass is 10.1. The minimum absolute atomic E-state index is 0.103. The number of methoxy groups -OCH3 is 1. The molecule has 0 radical (unpaired) electrons. The molecule has 0 atom stereocenters. The molecule has 0 aromatic heterocycles. The number of carbonyl (C=O) groups excluding carboxylic acids is 3. The van der Waals surface area contributed by atoms with E-state index in [9.17, 15) is 14.4 Å². The van der Waals surface area contributed by atoms with Gasteiger partial charge in [-0.1, -0.05) is 25.5 Å². The molecule has 2 amide bonds. The third kappa shape index (κ3) is 6.37. The van der Waals surface area contributed by atoms with Gasteiger partial charge in [-0.15, -0.1) is 0 Å². The summed E-state index contributed by atoms with van der Waals surface area (Å²) in [6.45, 7) is 2.22. The van der Waals surface area contributed by atoms with Crippen LogP contribution in [0.2, 0.25) is 0 Å². The summed E-state index contributed by atoms with van der Waals surface area (Å²) in [5.41, 5.74) is 6.18. The van der Waals surface area contributed by atoms with Crippen LogP contribution in [0, 0.1) is 0 Å². The van der Waals surface area contributed by atoms with Gasteiger partial charge in [0.1, 0.15) is 6.54 Å². The molecule has 0 unspecified atom stereocenters. The fourth-order valence-corrected chi connectivity index (χ4v) is 1.91. The number of carbonyl (C=O) groups is 3. The molecule has 0 saturated carbocycles. The van der Waals surface area contributed by atoms with E-state index in [2.05, 4.69) is 4.74 Å². The van der Waals surface area contributed by atoms with Crippen LogP contribution >= 0.6 is 0 Å². The van der Waals surface area contributed by atoms with Crippen LogP contribution in [0.5, 0.6) is 0 Å². The lowest BCUT2D eigenvalue weighted by Crippen LogP contribution is -2.37. The van der Waals surface area contributed by atoms with Gasteiger partial charge in [0.2, 0.25) is 5.91 Å². The van der Waals surface area contributed by atoms with Crippen molar-refractivity contribution in [3.63, 3.8) is 0 Å². The number of nitrogens with two attached hydrogens (primary N) is 1. The maximum absolute atomic E-state index is 11.9. The summed E-state index contributed by atoms with van der Waals surface area (Å²) in [6, 6.07) is 6.67. The number of rotatable bonds is 8. The second kappa shape index (κ2) is 9.45. The summed E-state index contributed by atoms with van der Waals surface area (Å²) in [5.74, 6) is -1.06. The van der Waals surface area contributed by atoms with E-state index in [1.54, 1.807) is 24.3 Å². The molecule has 1 aromatic rings. The predicted molar refractivity (Wildman–Crippen MR) is 83.6 cm³/mol. The number of amides is 2. The number of nitrogens with zero attached hydrogens (tertiary/aromatic N) is 1. The first-order chi connectivity index (χ1) is 11.0. The molecule has 0 fully saturated rings. The second-order valence-corrected chi connectivity index (χ2v) is 4.98. The molecule has 0 heterocycles. The lowest BCUT2D eigenvalue weighted by molar-refractivity contribution is -0.119. The van der Waals surface area contributed by atoms with Crippen molar-refractivity contribution in [3.8, 4) is 0 Å². The van der Waals surface area contributed by atoms with E-state index in [-0.39, 0.29) is 13.1 Å². The van der Waals surface area contributed by atoms with Gasteiger partial charge in [0.05, 0.1) is 19.3 Å². The van der Waals surface area contributed by atoms with Crippen LogP contribution in [-0.4, -0.2) is 43.1 Å². The fourth-order valence-electron chi connectivity index (χ4n) is 1.91. The highest BCUT2D eigenvalue weighted by atomic mass is 16.5. The van der Waals surface area contributed by atoms with Crippen molar-refractivity contribution in [1.82, 2.24) is 4.90 Å². The Kier molecular flexibility index (Phi) is 7.59. The van der Waals surface area contributed by atoms with E-state index in [1.807, 2.05) is 6.92 Å². The zero-order valence-electron chi connectivity index (χ0n) is 13.4. The van der Waals surface area contributed by atoms with Crippen molar-refractivity contribution in [2.45, 2.75) is 26.3 Å². The maximum atomic E-state index is 11.9. The Bertz CT molecular complexity index is 559. The fraction of sp³-hybridized carbons (Fsp3) is 0.438. The highest BCUT2D eigenvalue weighted by Gasteiger charge is 2.17. The average molecular weight is 322 g/mol. The highest BCUT2D eigenvalue weighted by molar-refractivity contribution is 5.89. The third-order valence-electron chi connectivity index (χ3n) is 3.05. The van der Waals surface area contributed by atoms with E-state index in [0.29, 0.717) is 17.7 Å². The Hall–Kier alpha value is -2.57. The molecular formula is C16H22N2O5. The second-order valence-electron chi connectivity index (χ2n) is 4.98. The average Bonchev–Trinajstić information content (AvgIpc) is 2.53. The number of hydrogen-bond acceptors (Lipinski definition) is 5. The number of primary amides is 1. The van der Waals surface area contributed by atoms with Crippen LogP contribution < -0.4 is 5.73 Å². The number of esters is 1. The number of ether oxygens (including phenoxy) is 2. The Morgan fingerprint density at radius 2 is 2.00 bits per heavy atom. The molecule has 23 heavy (non-hydrogen) atoms. The van der Waals surface area contributed by atoms with Crippen molar-refractivity contribution >= 4 is 18.0 Å². The third-order valence-corrected chi connectivity index (χ3v) is 3.05. The molecule has 0 aliphatic rings. The predicted octanol–water partition coefficient (Wildman–Crippen LogP) is 1.70. The molecule has 126 valence electrons. The number of unbranched alkanes of at least 4 members (excludes halogenated alkanes) is 1. The Labute approximate surface area is 135 Å². The largest absolute Gasteiger partial charge is 0.462 e. The van der Waals surface area contributed by atoms with Gasteiger partial charge in [-0.05, 0) is 24.1 Å². The van der Waals surface area contributed by atoms with Crippen LogP contribution in [0.4, 0.5) is 4.79 Å². The molecule has 7 heteroatoms. The summed E-state index contributed by atoms with van der Waals surface area (Å²) in [6.07, 6.45) is 1.08. The van der Waals surface area contributed by atoms with Crippen molar-refractivity contribution in [2.24, 2.45) is 5.73 Å². The molecule has 0 aliphatic heterocycles. The zero-order valence-corrected chi connectivity index (χ0v) is 13.4. The first-order valence-electron chi connectivity index (χ1n) is 7.35. The summed E-state index contributed by atoms with van der Waals surface area (Å²) >= 11 is 0. The summed E-state index contributed by atoms with van der Waals surface area (Å²) < 4.78 is 9.76. The van der Waals surface area contributed by atoms with Crippen LogP contribution in [-0.2, 0) is 20.8 Å². The monoisotopic (exact) mass is 322 g/mol. The Morgan fingerprint density at radius 3 is 2.61 bits per heavy atom. The van der Waals surface area contributed by atoms with Gasteiger partial charge < -0.3 is 15.2 Å². The normalized spacial score (nSPS) is 10.0. The van der Waals surface area contributed by atoms with Crippen LogP contribution in [0.15, 0.2) is 24.3 Å². The number of hydrogen-bond donors (Lipinski definition) is 1. The van der Waals surface area contributed by atoms with Gasteiger partial charge >= 0.3 is 12.1 Å². The summed E-state index contributed by atoms with van der Waals surface area (Å²) in [5, 5.41) is 0. The van der Waals surface area contributed by atoms with E-state index < -0.39 is 18.0 Å². The van der Waals surface area contributed by atoms with E-state index in [0.717, 1.165) is 17.7 Å². The van der Waals surface area contributed by atoms with Gasteiger partial charge in [0.15, 0.2) is 0 Å². The quantitative estimate of drug-likeness (QED) is 0.580. The molecule has 0 bridgehead atoms. The van der Waals surface area contributed by atoms with Crippen LogP contribution in [0.1, 0.15) is 35.7 Å². The van der Waals surface area contributed by atoms with Crippen LogP contribution in [0.3, 0.4) is 0 Å². The van der Waals surface area contributed by atoms with E-state index in [4.69, 9.17) is 10.5 Å². The smallest absolute Gasteiger partial charge is 0.410 e. The standard InChI is InChI=1S/C16H22N2O5/c1-3-4-8-23-15(20)13-7-5-6-12(9-13)10-18(11-14(17)19)16(21)22-2/h5-7,9H,3-4,8,10-11H2,1-2H3,(H2,17,19). The van der Waals surface area contributed by atoms with Gasteiger partial charge in [0.25, 0.3) is 0 Å². The molecule has 0 aliphatic carbocycles. The van der Waals surface area contributed by atoms with Crippen molar-refractivity contribution in [1.29, 1.82) is 0 Å². The molecule has 1 rings (SSSR count). The van der Waals surface area contributed by atoms with Crippen LogP contribution in [0.25, 0.3) is 0 Å². The topological polar surface area (TPSA) is 98.9 Å². The summed E-state index contributed by atoms with van der Waals surface area (Å²) in [7, 11) is 1.22. The number of benzene rings is 1. The molecule has 0 saturated heterocycles. The Balaban J connectivity index is 2.79. The SMILES string of the molecule is CCCCOC(=O)c1cccc(CN(CC(N)=O)C(=O)OC)c1. The first-order valence-corrected chi connectivity index (χ1v) is 7.35. The van der Waals surface area contributed by atoms with E-state index >= 15 is 0 Å². The lowest BCUT2D eigenvalue weighted by Gasteiger charge is -2.19. The van der Waals surface area contributed by atoms with Crippen molar-refractivity contribution in [2.75, 3.05) is 20.3 Å². The van der Waals surface area contributed by atoms with Gasteiger partial charge in [-0.3, -0.25) is 9.69 Å². The van der Waals surface area contributed by atoms with Gasteiger partial charge in [-0.25, -0.2) is 9.59 Å². The minimum atomic E-state index is -0.667. The maximum Gasteiger partial charge on any atom is 0.410 e. The summed E-state index contributed by atoms with van der Waals surface area (Å²) in [4.78, 5) is 35.8. The minimum Gasteiger partial charge on any atom is -0.462 e. The molecule has 7 nitrogen and oxygen atoms in total. The molecule has 0 spiro atoms. The van der Waals surface area contributed by atoms with E-state index in [1.165, 1.54) is 7.11 Å². The van der Waals surface area contributed by atoms with Gasteiger partial charge in [0, 0.05) is 6.54 Å². The zero-order chi connectivity index (χ0) is 17.2. The van der Waals surface area contributed by atoms with Gasteiger partial charge in [-0.2, -0.15) is 0 Å². The molecular weight excluding hydrogens is 300 g/mol. The highest BCUT2D eigenvalue weighted by Crippen LogP contribution is 2.11.